The summed E-state index contributed by atoms with van der Waals surface area (Å²) in [5.41, 5.74) is 1.88. The molecule has 0 aliphatic heterocycles. The molecule has 0 fully saturated rings. The van der Waals surface area contributed by atoms with E-state index in [9.17, 15) is 39.5 Å². The van der Waals surface area contributed by atoms with Crippen molar-refractivity contribution >= 4 is 0 Å². The van der Waals surface area contributed by atoms with Crippen LogP contribution in [0, 0.1) is 29.6 Å². The number of halogens is 9. The van der Waals surface area contributed by atoms with Crippen molar-refractivity contribution in [2.75, 3.05) is 0 Å². The smallest absolute Gasteiger partial charge is 0.166 e. The van der Waals surface area contributed by atoms with Gasteiger partial charge in [0.2, 0.25) is 0 Å². The van der Waals surface area contributed by atoms with E-state index in [4.69, 9.17) is 0 Å². The summed E-state index contributed by atoms with van der Waals surface area (Å²) < 4.78 is 111. The van der Waals surface area contributed by atoms with E-state index in [2.05, 4.69) is 65.0 Å². The fourth-order valence-electron chi connectivity index (χ4n) is 5.15. The lowest BCUT2D eigenvalue weighted by molar-refractivity contribution is -0.138. The molecular formula is C47H63F9. The largest absolute Gasteiger partial charge is 0.416 e. The summed E-state index contributed by atoms with van der Waals surface area (Å²) in [4.78, 5) is 0. The molecule has 0 heterocycles. The Kier molecular flexibility index (Phi) is 23.8. The highest BCUT2D eigenvalue weighted by Gasteiger charge is 2.33. The predicted octanol–water partition coefficient (Wildman–Crippen LogP) is 16.3. The second-order valence-electron chi connectivity index (χ2n) is 16.2. The van der Waals surface area contributed by atoms with Crippen LogP contribution in [0.25, 0.3) is 0 Å². The highest BCUT2D eigenvalue weighted by molar-refractivity contribution is 5.30. The first-order valence-electron chi connectivity index (χ1n) is 19.2. The maximum atomic E-state index is 12.5. The van der Waals surface area contributed by atoms with Gasteiger partial charge in [0.05, 0.1) is 16.7 Å². The van der Waals surface area contributed by atoms with E-state index in [-0.39, 0.29) is 5.92 Å². The molecule has 4 rings (SSSR count). The van der Waals surface area contributed by atoms with Crippen LogP contribution in [0.1, 0.15) is 115 Å². The first-order valence-corrected chi connectivity index (χ1v) is 19.2. The van der Waals surface area contributed by atoms with Gasteiger partial charge in [-0.3, -0.25) is 0 Å². The average molecular weight is 799 g/mol. The first kappa shape index (κ1) is 52.2. The number of benzene rings is 4. The van der Waals surface area contributed by atoms with Crippen LogP contribution >= 0.6 is 0 Å². The van der Waals surface area contributed by atoms with Gasteiger partial charge < -0.3 is 0 Å². The van der Waals surface area contributed by atoms with Crippen molar-refractivity contribution in [3.05, 3.63) is 142 Å². The van der Waals surface area contributed by atoms with Gasteiger partial charge in [-0.15, -0.1) is 0 Å². The molecule has 0 nitrogen and oxygen atoms in total. The zero-order valence-electron chi connectivity index (χ0n) is 34.9. The van der Waals surface area contributed by atoms with Crippen molar-refractivity contribution in [2.24, 2.45) is 29.6 Å². The first-order chi connectivity index (χ1) is 25.7. The fraction of sp³-hybridized carbons (Fsp3) is 0.489. The fourth-order valence-corrected chi connectivity index (χ4v) is 5.15. The molecule has 0 aliphatic carbocycles. The Balaban J connectivity index is 0.000000701. The Bertz CT molecular complexity index is 1570. The summed E-state index contributed by atoms with van der Waals surface area (Å²) in [6.45, 7) is 22.9. The van der Waals surface area contributed by atoms with Crippen LogP contribution in [0.2, 0.25) is 0 Å². The summed E-state index contributed by atoms with van der Waals surface area (Å²) in [5, 5.41) is 0. The predicted molar refractivity (Wildman–Crippen MR) is 215 cm³/mol. The minimum absolute atomic E-state index is 0.235. The van der Waals surface area contributed by atoms with Crippen molar-refractivity contribution < 1.29 is 39.5 Å². The van der Waals surface area contributed by atoms with Crippen molar-refractivity contribution in [3.63, 3.8) is 0 Å². The van der Waals surface area contributed by atoms with Crippen LogP contribution in [-0.4, -0.2) is 0 Å². The zero-order chi connectivity index (χ0) is 43.3. The molecule has 0 amide bonds. The van der Waals surface area contributed by atoms with Crippen LogP contribution in [-0.2, 0) is 44.2 Å². The van der Waals surface area contributed by atoms with Crippen LogP contribution < -0.4 is 0 Å². The number of rotatable bonds is 8. The topological polar surface area (TPSA) is 0 Å². The molecule has 4 aromatic carbocycles. The summed E-state index contributed by atoms with van der Waals surface area (Å²) in [5.74, 6) is 2.67. The lowest BCUT2D eigenvalue weighted by Gasteiger charge is -2.13. The lowest BCUT2D eigenvalue weighted by atomic mass is 9.98. The van der Waals surface area contributed by atoms with Gasteiger partial charge in [0.15, 0.2) is 0 Å². The molecule has 0 unspecified atom stereocenters. The van der Waals surface area contributed by atoms with Gasteiger partial charge in [-0.05, 0) is 102 Å². The third kappa shape index (κ3) is 25.4. The lowest BCUT2D eigenvalue weighted by Crippen LogP contribution is -2.10. The Morgan fingerprint density at radius 2 is 0.732 bits per heavy atom. The van der Waals surface area contributed by atoms with Crippen molar-refractivity contribution in [1.82, 2.24) is 0 Å². The van der Waals surface area contributed by atoms with Crippen molar-refractivity contribution in [1.29, 1.82) is 0 Å². The highest BCUT2D eigenvalue weighted by Crippen LogP contribution is 2.33. The molecule has 0 saturated carbocycles. The van der Waals surface area contributed by atoms with Crippen molar-refractivity contribution in [3.8, 4) is 0 Å². The Hall–Kier alpha value is -3.75. The summed E-state index contributed by atoms with van der Waals surface area (Å²) in [6.07, 6.45) is -9.52. The summed E-state index contributed by atoms with van der Waals surface area (Å²) in [6, 6.07) is 27.2. The average Bonchev–Trinajstić information content (AvgIpc) is 3.04. The van der Waals surface area contributed by atoms with Crippen LogP contribution in [0.4, 0.5) is 39.5 Å². The number of hydrogen-bond donors (Lipinski definition) is 0. The standard InChI is InChI=1S/3C11H13F3.C10H14.C4H10/c1-8(2)7-9-3-5-10(6-4-9)11(12,13)14;1-8(2)6-9-4-3-5-10(7-9)11(12,13)14;1-8(2)7-9-5-3-4-6-10(9)11(12,13)14;1-9(2)8-10-6-4-3-5-7-10;1-4(2)3/h3-6,8H,7H2,1-2H3;3-5,7-8H,6H2,1-2H3;3-6,8H,7H2,1-2H3;3-7,9H,8H2,1-2H3;4H,1-3H3. The van der Waals surface area contributed by atoms with E-state index in [0.29, 0.717) is 30.2 Å². The molecule has 0 atom stereocenters. The third-order valence-electron chi connectivity index (χ3n) is 7.26. The van der Waals surface area contributed by atoms with E-state index >= 15 is 0 Å². The van der Waals surface area contributed by atoms with Crippen LogP contribution in [0.3, 0.4) is 0 Å². The normalized spacial score (nSPS) is 11.6. The van der Waals surface area contributed by atoms with Crippen LogP contribution in [0.15, 0.2) is 103 Å². The zero-order valence-corrected chi connectivity index (χ0v) is 34.9. The maximum Gasteiger partial charge on any atom is 0.416 e. The van der Waals surface area contributed by atoms with Gasteiger partial charge in [-0.2, -0.15) is 39.5 Å². The molecule has 0 aliphatic rings. The summed E-state index contributed by atoms with van der Waals surface area (Å²) >= 11 is 0. The van der Waals surface area contributed by atoms with E-state index in [1.54, 1.807) is 30.3 Å². The molecule has 56 heavy (non-hydrogen) atoms. The number of alkyl halides is 9. The molecular weight excluding hydrogens is 735 g/mol. The van der Waals surface area contributed by atoms with Crippen molar-refractivity contribution in [2.45, 2.75) is 120 Å². The Morgan fingerprint density at radius 1 is 0.357 bits per heavy atom. The highest BCUT2D eigenvalue weighted by atomic mass is 19.4. The SMILES string of the molecule is CC(C)C.CC(C)Cc1ccc(C(F)(F)F)cc1.CC(C)Cc1cccc(C(F)(F)F)c1.CC(C)Cc1ccccc1.CC(C)Cc1ccccc1C(F)(F)F. The Labute approximate surface area is 331 Å². The molecule has 4 aromatic rings. The van der Waals surface area contributed by atoms with Gasteiger partial charge in [0.1, 0.15) is 0 Å². The molecule has 0 saturated heterocycles. The maximum absolute atomic E-state index is 12.5. The molecule has 0 radical (unpaired) electrons. The van der Waals surface area contributed by atoms with Gasteiger partial charge >= 0.3 is 18.5 Å². The molecule has 0 spiro atoms. The number of hydrogen-bond acceptors (Lipinski definition) is 0. The minimum Gasteiger partial charge on any atom is -0.166 e. The Morgan fingerprint density at radius 3 is 1.14 bits per heavy atom. The quantitative estimate of drug-likeness (QED) is 0.156. The van der Waals surface area contributed by atoms with Gasteiger partial charge in [0.25, 0.3) is 0 Å². The van der Waals surface area contributed by atoms with Gasteiger partial charge in [-0.1, -0.05) is 155 Å². The van der Waals surface area contributed by atoms with Gasteiger partial charge in [-0.25, -0.2) is 0 Å². The molecule has 0 bridgehead atoms. The monoisotopic (exact) mass is 798 g/mol. The molecule has 0 aromatic heterocycles. The van der Waals surface area contributed by atoms with E-state index < -0.39 is 35.2 Å². The van der Waals surface area contributed by atoms with E-state index in [0.717, 1.165) is 53.6 Å². The van der Waals surface area contributed by atoms with E-state index in [1.807, 2.05) is 41.5 Å². The molecule has 9 heteroatoms. The van der Waals surface area contributed by atoms with Crippen LogP contribution in [0.5, 0.6) is 0 Å². The van der Waals surface area contributed by atoms with Gasteiger partial charge in [0, 0.05) is 0 Å². The molecule has 314 valence electrons. The third-order valence-corrected chi connectivity index (χ3v) is 7.26. The van der Waals surface area contributed by atoms with E-state index in [1.165, 1.54) is 30.2 Å². The molecule has 0 N–H and O–H groups in total. The second kappa shape index (κ2) is 25.5. The second-order valence-corrected chi connectivity index (χ2v) is 16.2. The summed E-state index contributed by atoms with van der Waals surface area (Å²) in [7, 11) is 0. The minimum atomic E-state index is -4.23.